The normalized spacial score (nSPS) is 32.4. The van der Waals surface area contributed by atoms with Gasteiger partial charge in [-0.2, -0.15) is 0 Å². The fraction of sp³-hybridized carbons (Fsp3) is 0.938. The Morgan fingerprint density at radius 3 is 2.42 bits per heavy atom. The first-order chi connectivity index (χ1) is 9.13. The number of carbonyl (C=O) groups is 1. The second kappa shape index (κ2) is 6.97. The summed E-state index contributed by atoms with van der Waals surface area (Å²) in [6, 6.07) is 0. The van der Waals surface area contributed by atoms with E-state index in [1.807, 2.05) is 0 Å². The van der Waals surface area contributed by atoms with Crippen LogP contribution in [0.3, 0.4) is 0 Å². The van der Waals surface area contributed by atoms with Gasteiger partial charge in [-0.15, -0.1) is 11.6 Å². The molecule has 1 N–H and O–H groups in total. The average molecular weight is 286 g/mol. The highest BCUT2D eigenvalue weighted by Crippen LogP contribution is 2.33. The number of rotatable bonds is 5. The SMILES string of the molecule is CC1CCC(CCl)(NC(=O)CCC2CCCC2)CC1. The third-order valence-corrected chi connectivity index (χ3v) is 5.66. The van der Waals surface area contributed by atoms with Gasteiger partial charge in [0.25, 0.3) is 0 Å². The van der Waals surface area contributed by atoms with Crippen LogP contribution in [0.25, 0.3) is 0 Å². The fourth-order valence-corrected chi connectivity index (χ4v) is 3.93. The van der Waals surface area contributed by atoms with Crippen molar-refractivity contribution < 1.29 is 4.79 Å². The van der Waals surface area contributed by atoms with Gasteiger partial charge in [0.15, 0.2) is 0 Å². The minimum atomic E-state index is -0.110. The molecule has 1 amide bonds. The van der Waals surface area contributed by atoms with Crippen LogP contribution in [0.1, 0.15) is 71.1 Å². The van der Waals surface area contributed by atoms with E-state index in [2.05, 4.69) is 12.2 Å². The predicted molar refractivity (Wildman–Crippen MR) is 80.4 cm³/mol. The minimum absolute atomic E-state index is 0.110. The van der Waals surface area contributed by atoms with Crippen LogP contribution < -0.4 is 5.32 Å². The van der Waals surface area contributed by atoms with Gasteiger partial charge in [-0.25, -0.2) is 0 Å². The maximum Gasteiger partial charge on any atom is 0.220 e. The molecule has 2 aliphatic carbocycles. The number of carbonyl (C=O) groups excluding carboxylic acids is 1. The lowest BCUT2D eigenvalue weighted by atomic mass is 9.78. The number of halogens is 1. The molecule has 0 bridgehead atoms. The first-order valence-electron chi connectivity index (χ1n) is 8.00. The number of hydrogen-bond acceptors (Lipinski definition) is 1. The highest BCUT2D eigenvalue weighted by atomic mass is 35.5. The Morgan fingerprint density at radius 2 is 1.84 bits per heavy atom. The van der Waals surface area contributed by atoms with Crippen molar-refractivity contribution in [3.8, 4) is 0 Å². The molecule has 0 unspecified atom stereocenters. The van der Waals surface area contributed by atoms with Gasteiger partial charge in [-0.05, 0) is 43.9 Å². The first kappa shape index (κ1) is 15.2. The van der Waals surface area contributed by atoms with Crippen molar-refractivity contribution in [2.45, 2.75) is 76.7 Å². The van der Waals surface area contributed by atoms with Crippen LogP contribution in [0.5, 0.6) is 0 Å². The molecule has 0 aromatic carbocycles. The highest BCUT2D eigenvalue weighted by Gasteiger charge is 2.34. The third-order valence-electron chi connectivity index (χ3n) is 5.15. The topological polar surface area (TPSA) is 29.1 Å². The van der Waals surface area contributed by atoms with Crippen LogP contribution >= 0.6 is 11.6 Å². The maximum absolute atomic E-state index is 12.1. The van der Waals surface area contributed by atoms with Gasteiger partial charge in [-0.3, -0.25) is 4.79 Å². The molecule has 0 heterocycles. The summed E-state index contributed by atoms with van der Waals surface area (Å²) in [7, 11) is 0. The van der Waals surface area contributed by atoms with E-state index < -0.39 is 0 Å². The Labute approximate surface area is 122 Å². The zero-order valence-corrected chi connectivity index (χ0v) is 13.0. The molecule has 2 saturated carbocycles. The molecule has 2 fully saturated rings. The second-order valence-electron chi connectivity index (χ2n) is 6.83. The van der Waals surface area contributed by atoms with Crippen molar-refractivity contribution in [3.63, 3.8) is 0 Å². The van der Waals surface area contributed by atoms with Crippen molar-refractivity contribution in [1.29, 1.82) is 0 Å². The average Bonchev–Trinajstić information content (AvgIpc) is 2.93. The van der Waals surface area contributed by atoms with Gasteiger partial charge in [0.05, 0.1) is 5.54 Å². The van der Waals surface area contributed by atoms with Gasteiger partial charge < -0.3 is 5.32 Å². The zero-order valence-electron chi connectivity index (χ0n) is 12.2. The van der Waals surface area contributed by atoms with Crippen LogP contribution in [0, 0.1) is 11.8 Å². The molecule has 110 valence electrons. The molecule has 2 rings (SSSR count). The summed E-state index contributed by atoms with van der Waals surface area (Å²) in [6.45, 7) is 2.29. The van der Waals surface area contributed by atoms with Gasteiger partial charge in [0, 0.05) is 12.3 Å². The van der Waals surface area contributed by atoms with E-state index in [1.165, 1.54) is 38.5 Å². The maximum atomic E-state index is 12.1. The lowest BCUT2D eigenvalue weighted by Gasteiger charge is -2.38. The molecule has 0 atom stereocenters. The Morgan fingerprint density at radius 1 is 1.21 bits per heavy atom. The summed E-state index contributed by atoms with van der Waals surface area (Å²) in [5, 5.41) is 3.26. The van der Waals surface area contributed by atoms with E-state index in [-0.39, 0.29) is 11.4 Å². The van der Waals surface area contributed by atoms with Crippen LogP contribution in [-0.4, -0.2) is 17.3 Å². The van der Waals surface area contributed by atoms with E-state index in [1.54, 1.807) is 0 Å². The van der Waals surface area contributed by atoms with Crippen LogP contribution in [-0.2, 0) is 4.79 Å². The van der Waals surface area contributed by atoms with E-state index in [0.29, 0.717) is 12.3 Å². The summed E-state index contributed by atoms with van der Waals surface area (Å²) in [4.78, 5) is 12.1. The van der Waals surface area contributed by atoms with Crippen LogP contribution in [0.2, 0.25) is 0 Å². The smallest absolute Gasteiger partial charge is 0.220 e. The largest absolute Gasteiger partial charge is 0.349 e. The molecule has 0 aromatic rings. The number of amides is 1. The van der Waals surface area contributed by atoms with Crippen LogP contribution in [0.15, 0.2) is 0 Å². The molecule has 0 aromatic heterocycles. The van der Waals surface area contributed by atoms with Crippen molar-refractivity contribution in [2.24, 2.45) is 11.8 Å². The Bertz CT molecular complexity index is 291. The molecular formula is C16H28ClNO. The Kier molecular flexibility index (Phi) is 5.56. The standard InChI is InChI=1S/C16H28ClNO/c1-13-8-10-16(12-17,11-9-13)18-15(19)7-6-14-4-2-3-5-14/h13-14H,2-12H2,1H3,(H,18,19). The highest BCUT2D eigenvalue weighted by molar-refractivity contribution is 6.18. The molecule has 19 heavy (non-hydrogen) atoms. The van der Waals surface area contributed by atoms with Crippen molar-refractivity contribution >= 4 is 17.5 Å². The van der Waals surface area contributed by atoms with E-state index >= 15 is 0 Å². The summed E-state index contributed by atoms with van der Waals surface area (Å²) in [6.07, 6.45) is 11.6. The lowest BCUT2D eigenvalue weighted by Crippen LogP contribution is -2.52. The van der Waals surface area contributed by atoms with E-state index in [9.17, 15) is 4.79 Å². The van der Waals surface area contributed by atoms with Gasteiger partial charge >= 0.3 is 0 Å². The molecular weight excluding hydrogens is 258 g/mol. The van der Waals surface area contributed by atoms with E-state index in [0.717, 1.165) is 31.1 Å². The number of hydrogen-bond donors (Lipinski definition) is 1. The Balaban J connectivity index is 1.75. The van der Waals surface area contributed by atoms with Crippen molar-refractivity contribution in [1.82, 2.24) is 5.32 Å². The van der Waals surface area contributed by atoms with E-state index in [4.69, 9.17) is 11.6 Å². The fourth-order valence-electron chi connectivity index (χ4n) is 3.60. The minimum Gasteiger partial charge on any atom is -0.349 e. The Hall–Kier alpha value is -0.240. The molecule has 0 aliphatic heterocycles. The molecule has 2 nitrogen and oxygen atoms in total. The first-order valence-corrected chi connectivity index (χ1v) is 8.54. The molecule has 0 saturated heterocycles. The molecule has 3 heteroatoms. The van der Waals surface area contributed by atoms with Crippen molar-refractivity contribution in [3.05, 3.63) is 0 Å². The van der Waals surface area contributed by atoms with Crippen LogP contribution in [0.4, 0.5) is 0 Å². The number of nitrogens with one attached hydrogen (secondary N) is 1. The monoisotopic (exact) mass is 285 g/mol. The lowest BCUT2D eigenvalue weighted by molar-refractivity contribution is -0.123. The molecule has 2 aliphatic rings. The summed E-state index contributed by atoms with van der Waals surface area (Å²) in [5.41, 5.74) is -0.110. The van der Waals surface area contributed by atoms with Crippen molar-refractivity contribution in [2.75, 3.05) is 5.88 Å². The quantitative estimate of drug-likeness (QED) is 0.751. The third kappa shape index (κ3) is 4.37. The summed E-state index contributed by atoms with van der Waals surface area (Å²) in [5.74, 6) is 2.37. The zero-order chi connectivity index (χ0) is 13.7. The number of alkyl halides is 1. The predicted octanol–water partition coefficient (Wildman–Crippen LogP) is 4.26. The summed E-state index contributed by atoms with van der Waals surface area (Å²) < 4.78 is 0. The van der Waals surface area contributed by atoms with Gasteiger partial charge in [-0.1, -0.05) is 32.6 Å². The molecule has 0 spiro atoms. The molecule has 0 radical (unpaired) electrons. The second-order valence-corrected chi connectivity index (χ2v) is 7.10. The summed E-state index contributed by atoms with van der Waals surface area (Å²) >= 11 is 6.14. The van der Waals surface area contributed by atoms with Gasteiger partial charge in [0.2, 0.25) is 5.91 Å². The van der Waals surface area contributed by atoms with Gasteiger partial charge in [0.1, 0.15) is 0 Å².